The highest BCUT2D eigenvalue weighted by molar-refractivity contribution is 8.26. The van der Waals surface area contributed by atoms with Crippen LogP contribution in [-0.2, 0) is 9.59 Å². The van der Waals surface area contributed by atoms with Crippen LogP contribution in [0.5, 0.6) is 0 Å². The van der Waals surface area contributed by atoms with Crippen LogP contribution in [0.2, 0.25) is 5.02 Å². The molecule has 2 aliphatic rings. The summed E-state index contributed by atoms with van der Waals surface area (Å²) in [7, 11) is 0. The van der Waals surface area contributed by atoms with Crippen LogP contribution in [0.25, 0.3) is 6.08 Å². The first kappa shape index (κ1) is 18.7. The number of carbonyl (C=O) groups excluding carboxylic acids is 2. The van der Waals surface area contributed by atoms with Crippen LogP contribution in [0.3, 0.4) is 0 Å². The van der Waals surface area contributed by atoms with Crippen molar-refractivity contribution in [2.75, 3.05) is 18.1 Å². The van der Waals surface area contributed by atoms with Gasteiger partial charge in [0.15, 0.2) is 0 Å². The van der Waals surface area contributed by atoms with E-state index in [1.807, 2.05) is 6.07 Å². The fourth-order valence-corrected chi connectivity index (χ4v) is 5.08. The molecule has 2 unspecified atom stereocenters. The summed E-state index contributed by atoms with van der Waals surface area (Å²) in [4.78, 5) is 26.4. The number of carbonyl (C=O) groups is 2. The van der Waals surface area contributed by atoms with Crippen molar-refractivity contribution < 1.29 is 14.7 Å². The molecule has 132 valence electrons. The second-order valence-electron chi connectivity index (χ2n) is 5.60. The first-order valence-electron chi connectivity index (χ1n) is 7.50. The van der Waals surface area contributed by atoms with Gasteiger partial charge in [0, 0.05) is 16.5 Å². The summed E-state index contributed by atoms with van der Waals surface area (Å²) in [6, 6.07) is 6.86. The largest absolute Gasteiger partial charge is 0.390 e. The van der Waals surface area contributed by atoms with E-state index in [1.54, 1.807) is 36.0 Å². The second kappa shape index (κ2) is 8.09. The molecule has 5 nitrogen and oxygen atoms in total. The molecule has 25 heavy (non-hydrogen) atoms. The van der Waals surface area contributed by atoms with E-state index in [1.165, 1.54) is 4.90 Å². The summed E-state index contributed by atoms with van der Waals surface area (Å²) in [5.41, 5.74) is 0.795. The normalized spacial score (nSPS) is 25.0. The Balaban J connectivity index is 1.66. The minimum absolute atomic E-state index is 0.147. The van der Waals surface area contributed by atoms with Crippen LogP contribution in [-0.4, -0.2) is 56.3 Å². The molecular weight excluding hydrogens is 400 g/mol. The van der Waals surface area contributed by atoms with Crippen molar-refractivity contribution in [3.8, 4) is 0 Å². The van der Waals surface area contributed by atoms with Gasteiger partial charge in [-0.3, -0.25) is 14.5 Å². The Hall–Kier alpha value is -1.06. The summed E-state index contributed by atoms with van der Waals surface area (Å²) < 4.78 is 0.342. The Morgan fingerprint density at radius 1 is 1.48 bits per heavy atom. The number of halogens is 1. The number of benzene rings is 1. The third-order valence-electron chi connectivity index (χ3n) is 3.72. The lowest BCUT2D eigenvalue weighted by Crippen LogP contribution is -2.47. The number of rotatable bonds is 4. The molecule has 0 aromatic heterocycles. The maximum absolute atomic E-state index is 12.5. The Morgan fingerprint density at radius 3 is 2.96 bits per heavy atom. The van der Waals surface area contributed by atoms with Crippen molar-refractivity contribution in [3.63, 3.8) is 0 Å². The fourth-order valence-electron chi connectivity index (χ4n) is 2.46. The van der Waals surface area contributed by atoms with Crippen molar-refractivity contribution in [3.05, 3.63) is 39.8 Å². The molecule has 2 N–H and O–H groups in total. The van der Waals surface area contributed by atoms with Crippen LogP contribution >= 0.6 is 47.3 Å². The van der Waals surface area contributed by atoms with Crippen LogP contribution < -0.4 is 5.32 Å². The molecule has 1 aromatic rings. The van der Waals surface area contributed by atoms with Gasteiger partial charge in [0.05, 0.1) is 17.1 Å². The van der Waals surface area contributed by atoms with Gasteiger partial charge in [0.2, 0.25) is 5.91 Å². The topological polar surface area (TPSA) is 69.6 Å². The maximum Gasteiger partial charge on any atom is 0.266 e. The SMILES string of the molecule is O=C(CN1C(=O)/C(=C/c2cccc(Cl)c2)SC1=S)NC1CSCC1O. The summed E-state index contributed by atoms with van der Waals surface area (Å²) >= 11 is 13.9. The zero-order chi connectivity index (χ0) is 18.0. The van der Waals surface area contributed by atoms with Gasteiger partial charge in [-0.15, -0.1) is 0 Å². The third-order valence-corrected chi connectivity index (χ3v) is 6.50. The lowest BCUT2D eigenvalue weighted by atomic mass is 10.2. The van der Waals surface area contributed by atoms with Gasteiger partial charge in [0.25, 0.3) is 5.91 Å². The van der Waals surface area contributed by atoms with Crippen molar-refractivity contribution >= 4 is 69.6 Å². The number of nitrogens with zero attached hydrogens (tertiary/aromatic N) is 1. The van der Waals surface area contributed by atoms with E-state index in [0.717, 1.165) is 17.3 Å². The number of aliphatic hydroxyl groups is 1. The molecule has 0 saturated carbocycles. The Kier molecular flexibility index (Phi) is 6.06. The molecule has 2 aliphatic heterocycles. The predicted molar refractivity (Wildman–Crippen MR) is 107 cm³/mol. The molecule has 2 heterocycles. The molecule has 2 fully saturated rings. The zero-order valence-electron chi connectivity index (χ0n) is 13.0. The van der Waals surface area contributed by atoms with Crippen LogP contribution in [0.4, 0.5) is 0 Å². The van der Waals surface area contributed by atoms with Crippen molar-refractivity contribution in [2.24, 2.45) is 0 Å². The summed E-state index contributed by atoms with van der Waals surface area (Å²) in [6.45, 7) is -0.147. The van der Waals surface area contributed by atoms with Gasteiger partial charge in [0.1, 0.15) is 10.9 Å². The Labute approximate surface area is 164 Å². The van der Waals surface area contributed by atoms with Crippen LogP contribution in [0.1, 0.15) is 5.56 Å². The Bertz CT molecular complexity index is 756. The minimum atomic E-state index is -0.553. The number of thioether (sulfide) groups is 2. The lowest BCUT2D eigenvalue weighted by Gasteiger charge is -2.18. The van der Waals surface area contributed by atoms with E-state index in [-0.39, 0.29) is 24.4 Å². The first-order chi connectivity index (χ1) is 11.9. The average molecular weight is 415 g/mol. The van der Waals surface area contributed by atoms with Crippen LogP contribution in [0.15, 0.2) is 29.2 Å². The highest BCUT2D eigenvalue weighted by Crippen LogP contribution is 2.32. The van der Waals surface area contributed by atoms with E-state index in [2.05, 4.69) is 5.32 Å². The van der Waals surface area contributed by atoms with E-state index >= 15 is 0 Å². The van der Waals surface area contributed by atoms with Crippen molar-refractivity contribution in [1.29, 1.82) is 0 Å². The molecule has 0 aliphatic carbocycles. The maximum atomic E-state index is 12.5. The van der Waals surface area contributed by atoms with Gasteiger partial charge in [-0.2, -0.15) is 11.8 Å². The average Bonchev–Trinajstić information content (AvgIpc) is 3.06. The summed E-state index contributed by atoms with van der Waals surface area (Å²) in [5, 5.41) is 13.1. The Morgan fingerprint density at radius 2 is 2.28 bits per heavy atom. The summed E-state index contributed by atoms with van der Waals surface area (Å²) in [6.07, 6.45) is 1.16. The standard InChI is InChI=1S/C16H15ClN2O3S3/c17-10-3-1-2-9(4-10)5-13-15(22)19(16(23)25-13)6-14(21)18-11-7-24-8-12(11)20/h1-5,11-12,20H,6-8H2,(H,18,21)/b13-5-. The highest BCUT2D eigenvalue weighted by Gasteiger charge is 2.34. The minimum Gasteiger partial charge on any atom is -0.390 e. The molecule has 1 aromatic carbocycles. The number of hydrogen-bond acceptors (Lipinski definition) is 6. The van der Waals surface area contributed by atoms with Crippen molar-refractivity contribution in [1.82, 2.24) is 10.2 Å². The zero-order valence-corrected chi connectivity index (χ0v) is 16.2. The van der Waals surface area contributed by atoms with E-state index in [0.29, 0.717) is 25.8 Å². The van der Waals surface area contributed by atoms with E-state index in [4.69, 9.17) is 23.8 Å². The predicted octanol–water partition coefficient (Wildman–Crippen LogP) is 2.13. The molecule has 9 heteroatoms. The molecule has 2 atom stereocenters. The number of thiocarbonyl (C=S) groups is 1. The number of nitrogens with one attached hydrogen (secondary N) is 1. The monoisotopic (exact) mass is 414 g/mol. The molecule has 2 saturated heterocycles. The van der Waals surface area contributed by atoms with E-state index < -0.39 is 6.10 Å². The second-order valence-corrected chi connectivity index (χ2v) is 8.79. The molecule has 2 amide bonds. The number of amides is 2. The number of hydrogen-bond donors (Lipinski definition) is 2. The fraction of sp³-hybridized carbons (Fsp3) is 0.312. The van der Waals surface area contributed by atoms with Crippen LogP contribution in [0, 0.1) is 0 Å². The highest BCUT2D eigenvalue weighted by atomic mass is 35.5. The third kappa shape index (κ3) is 4.57. The van der Waals surface area contributed by atoms with Gasteiger partial charge in [-0.05, 0) is 23.8 Å². The van der Waals surface area contributed by atoms with Gasteiger partial charge < -0.3 is 10.4 Å². The smallest absolute Gasteiger partial charge is 0.266 e. The molecule has 3 rings (SSSR count). The molecule has 0 spiro atoms. The van der Waals surface area contributed by atoms with Gasteiger partial charge in [-0.1, -0.05) is 47.7 Å². The molecular formula is C16H15ClN2O3S3. The van der Waals surface area contributed by atoms with Crippen molar-refractivity contribution in [2.45, 2.75) is 12.1 Å². The first-order valence-corrected chi connectivity index (χ1v) is 10.3. The van der Waals surface area contributed by atoms with E-state index in [9.17, 15) is 14.7 Å². The van der Waals surface area contributed by atoms with Gasteiger partial charge in [-0.25, -0.2) is 0 Å². The quantitative estimate of drug-likeness (QED) is 0.581. The molecule has 0 bridgehead atoms. The summed E-state index contributed by atoms with van der Waals surface area (Å²) in [5.74, 6) is 0.646. The number of aliphatic hydroxyl groups excluding tert-OH is 1. The lowest BCUT2D eigenvalue weighted by molar-refractivity contribution is -0.129. The molecule has 0 radical (unpaired) electrons. The van der Waals surface area contributed by atoms with Gasteiger partial charge >= 0.3 is 0 Å².